The SMILES string of the molecule is CC1Sc2ccc(C(=O)N(C)Cc3ccccc3Br)cc2NC1=O. The Morgan fingerprint density at radius 3 is 2.79 bits per heavy atom. The summed E-state index contributed by atoms with van der Waals surface area (Å²) in [5.74, 6) is -0.106. The van der Waals surface area contributed by atoms with Crippen LogP contribution in [0.1, 0.15) is 22.8 Å². The monoisotopic (exact) mass is 404 g/mol. The van der Waals surface area contributed by atoms with Crippen LogP contribution in [0.25, 0.3) is 0 Å². The van der Waals surface area contributed by atoms with Gasteiger partial charge in [0.05, 0.1) is 10.9 Å². The normalized spacial score (nSPS) is 16.3. The predicted octanol–water partition coefficient (Wildman–Crippen LogP) is 4.15. The summed E-state index contributed by atoms with van der Waals surface area (Å²) in [6.07, 6.45) is 0. The molecule has 2 amide bonds. The number of benzene rings is 2. The van der Waals surface area contributed by atoms with Gasteiger partial charge in [0.25, 0.3) is 5.91 Å². The molecule has 0 aliphatic carbocycles. The van der Waals surface area contributed by atoms with Gasteiger partial charge in [0.15, 0.2) is 0 Å². The Kier molecular flexibility index (Phi) is 4.96. The largest absolute Gasteiger partial charge is 0.337 e. The lowest BCUT2D eigenvalue weighted by Gasteiger charge is -2.23. The van der Waals surface area contributed by atoms with Crippen molar-refractivity contribution in [3.63, 3.8) is 0 Å². The van der Waals surface area contributed by atoms with Crippen molar-refractivity contribution >= 4 is 45.2 Å². The van der Waals surface area contributed by atoms with Crippen molar-refractivity contribution < 1.29 is 9.59 Å². The van der Waals surface area contributed by atoms with E-state index in [0.29, 0.717) is 17.8 Å². The first-order chi connectivity index (χ1) is 11.5. The van der Waals surface area contributed by atoms with E-state index in [-0.39, 0.29) is 17.1 Å². The number of nitrogens with one attached hydrogen (secondary N) is 1. The highest BCUT2D eigenvalue weighted by Gasteiger charge is 2.24. The summed E-state index contributed by atoms with van der Waals surface area (Å²) in [7, 11) is 1.77. The van der Waals surface area contributed by atoms with E-state index in [9.17, 15) is 9.59 Å². The quantitative estimate of drug-likeness (QED) is 0.835. The molecule has 3 rings (SSSR count). The molecule has 0 bridgehead atoms. The maximum Gasteiger partial charge on any atom is 0.253 e. The summed E-state index contributed by atoms with van der Waals surface area (Å²) in [6, 6.07) is 13.3. The average molecular weight is 405 g/mol. The Morgan fingerprint density at radius 1 is 1.29 bits per heavy atom. The smallest absolute Gasteiger partial charge is 0.253 e. The number of hydrogen-bond donors (Lipinski definition) is 1. The zero-order valence-corrected chi connectivity index (χ0v) is 15.8. The minimum atomic E-state index is -0.114. The van der Waals surface area contributed by atoms with E-state index < -0.39 is 0 Å². The molecular formula is C18H17BrN2O2S. The van der Waals surface area contributed by atoms with Crippen molar-refractivity contribution in [1.29, 1.82) is 0 Å². The highest BCUT2D eigenvalue weighted by Crippen LogP contribution is 2.36. The number of rotatable bonds is 3. The number of anilines is 1. The third kappa shape index (κ3) is 3.49. The summed E-state index contributed by atoms with van der Waals surface area (Å²) < 4.78 is 0.979. The molecule has 0 aromatic heterocycles. The topological polar surface area (TPSA) is 49.4 Å². The van der Waals surface area contributed by atoms with Crippen LogP contribution in [0.4, 0.5) is 5.69 Å². The predicted molar refractivity (Wildman–Crippen MR) is 100 cm³/mol. The molecule has 1 aliphatic heterocycles. The lowest BCUT2D eigenvalue weighted by Crippen LogP contribution is -2.28. The molecule has 6 heteroatoms. The van der Waals surface area contributed by atoms with E-state index in [1.807, 2.05) is 43.3 Å². The summed E-state index contributed by atoms with van der Waals surface area (Å²) in [6.45, 7) is 2.38. The second-order valence-electron chi connectivity index (χ2n) is 5.71. The molecule has 124 valence electrons. The fraction of sp³-hybridized carbons (Fsp3) is 0.222. The van der Waals surface area contributed by atoms with Crippen LogP contribution in [0.5, 0.6) is 0 Å². The minimum absolute atomic E-state index is 0.0290. The molecule has 0 saturated heterocycles. The van der Waals surface area contributed by atoms with Crippen molar-refractivity contribution in [2.75, 3.05) is 12.4 Å². The van der Waals surface area contributed by atoms with Crippen molar-refractivity contribution in [1.82, 2.24) is 4.90 Å². The molecule has 1 N–H and O–H groups in total. The lowest BCUT2D eigenvalue weighted by atomic mass is 10.1. The molecule has 0 radical (unpaired) electrons. The first-order valence-electron chi connectivity index (χ1n) is 7.56. The first kappa shape index (κ1) is 17.0. The highest BCUT2D eigenvalue weighted by atomic mass is 79.9. The second-order valence-corrected chi connectivity index (χ2v) is 7.95. The van der Waals surface area contributed by atoms with Gasteiger partial charge in [0.2, 0.25) is 5.91 Å². The van der Waals surface area contributed by atoms with E-state index in [2.05, 4.69) is 21.2 Å². The van der Waals surface area contributed by atoms with Crippen LogP contribution in [0.2, 0.25) is 0 Å². The fourth-order valence-corrected chi connectivity index (χ4v) is 3.86. The minimum Gasteiger partial charge on any atom is -0.337 e. The molecular weight excluding hydrogens is 388 g/mol. The number of fused-ring (bicyclic) bond motifs is 1. The van der Waals surface area contributed by atoms with Gasteiger partial charge in [-0.05, 0) is 36.8 Å². The zero-order chi connectivity index (χ0) is 17.3. The van der Waals surface area contributed by atoms with Crippen molar-refractivity contribution in [3.8, 4) is 0 Å². The van der Waals surface area contributed by atoms with E-state index in [4.69, 9.17) is 0 Å². The van der Waals surface area contributed by atoms with Crippen LogP contribution in [-0.4, -0.2) is 29.0 Å². The van der Waals surface area contributed by atoms with Gasteiger partial charge in [-0.3, -0.25) is 9.59 Å². The fourth-order valence-electron chi connectivity index (χ4n) is 2.52. The van der Waals surface area contributed by atoms with Crippen LogP contribution in [0.3, 0.4) is 0 Å². The van der Waals surface area contributed by atoms with Crippen molar-refractivity contribution in [3.05, 3.63) is 58.1 Å². The van der Waals surface area contributed by atoms with Crippen LogP contribution in [0.15, 0.2) is 51.8 Å². The number of carbonyl (C=O) groups excluding carboxylic acids is 2. The summed E-state index contributed by atoms with van der Waals surface area (Å²) in [5, 5.41) is 2.75. The summed E-state index contributed by atoms with van der Waals surface area (Å²) in [4.78, 5) is 27.2. The van der Waals surface area contributed by atoms with Crippen LogP contribution < -0.4 is 5.32 Å². The zero-order valence-electron chi connectivity index (χ0n) is 13.4. The Labute approximate surface area is 153 Å². The first-order valence-corrected chi connectivity index (χ1v) is 9.23. The molecule has 1 aliphatic rings. The second kappa shape index (κ2) is 6.99. The van der Waals surface area contributed by atoms with Crippen molar-refractivity contribution in [2.24, 2.45) is 0 Å². The molecule has 4 nitrogen and oxygen atoms in total. The molecule has 1 unspecified atom stereocenters. The van der Waals surface area contributed by atoms with Gasteiger partial charge < -0.3 is 10.2 Å². The van der Waals surface area contributed by atoms with Gasteiger partial charge in [0, 0.05) is 28.5 Å². The summed E-state index contributed by atoms with van der Waals surface area (Å²) in [5.41, 5.74) is 2.32. The number of hydrogen-bond acceptors (Lipinski definition) is 3. The van der Waals surface area contributed by atoms with E-state index in [1.165, 1.54) is 11.8 Å². The number of carbonyl (C=O) groups is 2. The molecule has 0 spiro atoms. The van der Waals surface area contributed by atoms with E-state index in [0.717, 1.165) is 14.9 Å². The average Bonchev–Trinajstić information content (AvgIpc) is 2.57. The Hall–Kier alpha value is -1.79. The number of nitrogens with zero attached hydrogens (tertiary/aromatic N) is 1. The maximum atomic E-state index is 12.7. The van der Waals surface area contributed by atoms with Gasteiger partial charge in [-0.1, -0.05) is 34.1 Å². The van der Waals surface area contributed by atoms with Gasteiger partial charge >= 0.3 is 0 Å². The Balaban J connectivity index is 1.79. The van der Waals surface area contributed by atoms with Gasteiger partial charge in [-0.2, -0.15) is 0 Å². The van der Waals surface area contributed by atoms with Crippen LogP contribution in [0, 0.1) is 0 Å². The molecule has 0 saturated carbocycles. The third-order valence-electron chi connectivity index (χ3n) is 3.87. The Bertz CT molecular complexity index is 809. The summed E-state index contributed by atoms with van der Waals surface area (Å²) >= 11 is 5.01. The van der Waals surface area contributed by atoms with Crippen LogP contribution >= 0.6 is 27.7 Å². The number of amides is 2. The molecule has 0 fully saturated rings. The maximum absolute atomic E-state index is 12.7. The van der Waals surface area contributed by atoms with Crippen LogP contribution in [-0.2, 0) is 11.3 Å². The van der Waals surface area contributed by atoms with E-state index >= 15 is 0 Å². The number of halogens is 1. The highest BCUT2D eigenvalue weighted by molar-refractivity contribution is 9.10. The standard InChI is InChI=1S/C18H17BrN2O2S/c1-11-17(22)20-15-9-12(7-8-16(15)24-11)18(23)21(2)10-13-5-3-4-6-14(13)19/h3-9,11H,10H2,1-2H3,(H,20,22). The molecule has 1 atom stereocenters. The van der Waals surface area contributed by atoms with E-state index in [1.54, 1.807) is 18.0 Å². The lowest BCUT2D eigenvalue weighted by molar-refractivity contribution is -0.115. The molecule has 24 heavy (non-hydrogen) atoms. The Morgan fingerprint density at radius 2 is 2.04 bits per heavy atom. The van der Waals surface area contributed by atoms with Gasteiger partial charge in [-0.15, -0.1) is 11.8 Å². The molecule has 1 heterocycles. The number of thioether (sulfide) groups is 1. The molecule has 2 aromatic carbocycles. The van der Waals surface area contributed by atoms with Crippen molar-refractivity contribution in [2.45, 2.75) is 23.6 Å². The third-order valence-corrected chi connectivity index (χ3v) is 5.82. The molecule has 2 aromatic rings. The van der Waals surface area contributed by atoms with Gasteiger partial charge in [-0.25, -0.2) is 0 Å². The van der Waals surface area contributed by atoms with Gasteiger partial charge in [0.1, 0.15) is 0 Å².